The van der Waals surface area contributed by atoms with Crippen molar-refractivity contribution in [1.82, 2.24) is 0 Å². The molecule has 17 heavy (non-hydrogen) atoms. The minimum absolute atomic E-state index is 0.548. The molecule has 1 aromatic rings. The fourth-order valence-electron chi connectivity index (χ4n) is 2.30. The average molecular weight is 236 g/mol. The molecule has 0 aliphatic rings. The molecule has 1 rings (SSSR count). The molecule has 0 saturated heterocycles. The van der Waals surface area contributed by atoms with Crippen molar-refractivity contribution in [3.8, 4) is 0 Å². The summed E-state index contributed by atoms with van der Waals surface area (Å²) >= 11 is 0. The van der Waals surface area contributed by atoms with Crippen molar-refractivity contribution in [2.75, 3.05) is 7.11 Å². The Bertz CT molecular complexity index is 396. The van der Waals surface area contributed by atoms with Gasteiger partial charge in [-0.25, -0.2) is 4.79 Å². The van der Waals surface area contributed by atoms with Crippen LogP contribution in [0.1, 0.15) is 31.9 Å². The summed E-state index contributed by atoms with van der Waals surface area (Å²) in [7, 11) is 1.44. The number of hydrogen-bond acceptors (Lipinski definition) is 2. The van der Waals surface area contributed by atoms with Crippen LogP contribution in [0.5, 0.6) is 0 Å². The topological polar surface area (TPSA) is 46.5 Å². The number of benzene rings is 1. The maximum absolute atomic E-state index is 11.2. The Balaban J connectivity index is 3.23. The second-order valence-electron chi connectivity index (χ2n) is 4.69. The van der Waals surface area contributed by atoms with Gasteiger partial charge in [-0.05, 0) is 17.5 Å². The van der Waals surface area contributed by atoms with Crippen LogP contribution in [0.2, 0.25) is 0 Å². The van der Waals surface area contributed by atoms with Crippen molar-refractivity contribution in [1.29, 1.82) is 0 Å². The van der Waals surface area contributed by atoms with E-state index in [1.807, 2.05) is 38.1 Å². The summed E-state index contributed by atoms with van der Waals surface area (Å²) in [5.41, 5.74) is 1.66. The van der Waals surface area contributed by atoms with E-state index in [0.29, 0.717) is 0 Å². The third kappa shape index (κ3) is 2.67. The summed E-state index contributed by atoms with van der Waals surface area (Å²) in [4.78, 5) is 11.2. The lowest BCUT2D eigenvalue weighted by Gasteiger charge is -2.32. The van der Waals surface area contributed by atoms with Crippen molar-refractivity contribution in [3.05, 3.63) is 35.4 Å². The number of carboxylic acids is 1. The van der Waals surface area contributed by atoms with Crippen LogP contribution in [-0.4, -0.2) is 24.3 Å². The molecular formula is C14H20O3. The lowest BCUT2D eigenvalue weighted by molar-refractivity contribution is -0.152. The smallest absolute Gasteiger partial charge is 0.333 e. The first-order valence-electron chi connectivity index (χ1n) is 5.79. The van der Waals surface area contributed by atoms with Crippen LogP contribution in [0.3, 0.4) is 0 Å². The molecule has 0 spiro atoms. The molecule has 3 nitrogen and oxygen atoms in total. The van der Waals surface area contributed by atoms with Crippen LogP contribution < -0.4 is 0 Å². The van der Waals surface area contributed by atoms with Crippen LogP contribution >= 0.6 is 0 Å². The number of ether oxygens (including phenoxy) is 1. The number of aliphatic carboxylic acids is 1. The second kappa shape index (κ2) is 5.32. The number of carboxylic acid groups (broad SMARTS) is 1. The zero-order valence-corrected chi connectivity index (χ0v) is 10.9. The summed E-state index contributed by atoms with van der Waals surface area (Å²) in [5.74, 6) is -0.927. The van der Waals surface area contributed by atoms with Crippen LogP contribution in [0.25, 0.3) is 0 Å². The van der Waals surface area contributed by atoms with Gasteiger partial charge in [-0.1, -0.05) is 45.0 Å². The van der Waals surface area contributed by atoms with E-state index in [0.717, 1.165) is 12.0 Å². The van der Waals surface area contributed by atoms with Crippen LogP contribution in [0.15, 0.2) is 24.3 Å². The first-order chi connectivity index (χ1) is 7.95. The Hall–Kier alpha value is -1.35. The van der Waals surface area contributed by atoms with Gasteiger partial charge in [-0.2, -0.15) is 0 Å². The monoisotopic (exact) mass is 236 g/mol. The largest absolute Gasteiger partial charge is 0.479 e. The predicted molar refractivity (Wildman–Crippen MR) is 67.3 cm³/mol. The number of methoxy groups -OCH3 is 1. The van der Waals surface area contributed by atoms with Gasteiger partial charge >= 0.3 is 5.97 Å². The number of rotatable bonds is 5. The molecule has 0 amide bonds. The van der Waals surface area contributed by atoms with Gasteiger partial charge in [-0.15, -0.1) is 0 Å². The Morgan fingerprint density at radius 1 is 1.41 bits per heavy atom. The molecule has 0 aromatic heterocycles. The minimum atomic E-state index is -0.927. The molecule has 0 aliphatic carbocycles. The van der Waals surface area contributed by atoms with Crippen molar-refractivity contribution in [2.24, 2.45) is 0 Å². The third-order valence-corrected chi connectivity index (χ3v) is 3.21. The van der Waals surface area contributed by atoms with Gasteiger partial charge in [-0.3, -0.25) is 0 Å². The molecule has 0 bridgehead atoms. The van der Waals surface area contributed by atoms with Gasteiger partial charge in [0.25, 0.3) is 0 Å². The molecule has 1 aromatic carbocycles. The number of carbonyl (C=O) groups is 1. The van der Waals surface area contributed by atoms with Crippen molar-refractivity contribution in [3.63, 3.8) is 0 Å². The summed E-state index contributed by atoms with van der Waals surface area (Å²) in [5, 5.41) is 9.21. The standard InChI is InChI=1S/C14H20O3/c1-5-10-8-6-7-9-11(10)14(2,3)12(17-4)13(15)16/h6-9,12H,5H2,1-4H3,(H,15,16). The molecule has 0 radical (unpaired) electrons. The highest BCUT2D eigenvalue weighted by atomic mass is 16.5. The van der Waals surface area contributed by atoms with Gasteiger partial charge in [0.05, 0.1) is 0 Å². The van der Waals surface area contributed by atoms with E-state index < -0.39 is 17.5 Å². The number of hydrogen-bond donors (Lipinski definition) is 1. The average Bonchev–Trinajstić information content (AvgIpc) is 2.29. The van der Waals surface area contributed by atoms with Gasteiger partial charge in [0.2, 0.25) is 0 Å². The maximum Gasteiger partial charge on any atom is 0.333 e. The fraction of sp³-hybridized carbons (Fsp3) is 0.500. The molecule has 3 heteroatoms. The van der Waals surface area contributed by atoms with Crippen molar-refractivity contribution >= 4 is 5.97 Å². The number of aryl methyl sites for hydroxylation is 1. The molecular weight excluding hydrogens is 216 g/mol. The first kappa shape index (κ1) is 13.7. The zero-order chi connectivity index (χ0) is 13.1. The normalized spacial score (nSPS) is 13.4. The van der Waals surface area contributed by atoms with Crippen LogP contribution in [-0.2, 0) is 21.4 Å². The van der Waals surface area contributed by atoms with Crippen molar-refractivity contribution in [2.45, 2.75) is 38.7 Å². The minimum Gasteiger partial charge on any atom is -0.479 e. The summed E-state index contributed by atoms with van der Waals surface area (Å²) in [6.45, 7) is 5.88. The Labute approximate surface area is 102 Å². The fourth-order valence-corrected chi connectivity index (χ4v) is 2.30. The van der Waals surface area contributed by atoms with Crippen molar-refractivity contribution < 1.29 is 14.6 Å². The van der Waals surface area contributed by atoms with E-state index in [4.69, 9.17) is 4.74 Å². The maximum atomic E-state index is 11.2. The van der Waals surface area contributed by atoms with E-state index in [2.05, 4.69) is 6.92 Å². The Morgan fingerprint density at radius 2 is 2.00 bits per heavy atom. The van der Waals surface area contributed by atoms with Gasteiger partial charge < -0.3 is 9.84 Å². The lowest BCUT2D eigenvalue weighted by atomic mass is 9.76. The Kier molecular flexibility index (Phi) is 4.29. The summed E-state index contributed by atoms with van der Waals surface area (Å²) < 4.78 is 5.13. The molecule has 1 atom stereocenters. The highest BCUT2D eigenvalue weighted by Gasteiger charge is 2.37. The molecule has 1 unspecified atom stereocenters. The summed E-state index contributed by atoms with van der Waals surface area (Å²) in [6.07, 6.45) is 0.0468. The van der Waals surface area contributed by atoms with E-state index in [9.17, 15) is 9.90 Å². The van der Waals surface area contributed by atoms with E-state index in [1.54, 1.807) is 0 Å². The zero-order valence-electron chi connectivity index (χ0n) is 10.9. The van der Waals surface area contributed by atoms with E-state index >= 15 is 0 Å². The highest BCUT2D eigenvalue weighted by Crippen LogP contribution is 2.31. The lowest BCUT2D eigenvalue weighted by Crippen LogP contribution is -2.42. The van der Waals surface area contributed by atoms with Gasteiger partial charge in [0.15, 0.2) is 6.10 Å². The highest BCUT2D eigenvalue weighted by molar-refractivity contribution is 5.75. The van der Waals surface area contributed by atoms with Gasteiger partial charge in [0.1, 0.15) is 0 Å². The molecule has 0 heterocycles. The Morgan fingerprint density at radius 3 is 2.47 bits per heavy atom. The SMILES string of the molecule is CCc1ccccc1C(C)(C)C(OC)C(=O)O. The second-order valence-corrected chi connectivity index (χ2v) is 4.69. The summed E-state index contributed by atoms with van der Waals surface area (Å²) in [6, 6.07) is 7.92. The van der Waals surface area contributed by atoms with Crippen LogP contribution in [0, 0.1) is 0 Å². The van der Waals surface area contributed by atoms with E-state index in [1.165, 1.54) is 12.7 Å². The predicted octanol–water partition coefficient (Wildman–Crippen LogP) is 2.63. The van der Waals surface area contributed by atoms with Gasteiger partial charge in [0, 0.05) is 12.5 Å². The molecule has 1 N–H and O–H groups in total. The third-order valence-electron chi connectivity index (χ3n) is 3.21. The molecule has 0 saturated carbocycles. The van der Waals surface area contributed by atoms with Crippen LogP contribution in [0.4, 0.5) is 0 Å². The first-order valence-corrected chi connectivity index (χ1v) is 5.79. The van der Waals surface area contributed by atoms with E-state index in [-0.39, 0.29) is 0 Å². The quantitative estimate of drug-likeness (QED) is 0.854. The molecule has 0 aliphatic heterocycles. The molecule has 0 fully saturated rings. The molecule has 94 valence electrons.